The first kappa shape index (κ1) is 16.2. The molecule has 0 saturated heterocycles. The highest BCUT2D eigenvalue weighted by molar-refractivity contribution is 7.58. The second kappa shape index (κ2) is 7.67. The second-order valence-corrected chi connectivity index (χ2v) is 7.81. The number of hydrogen-bond donors (Lipinski definition) is 0. The second-order valence-electron chi connectivity index (χ2n) is 5.12. The van der Waals surface area contributed by atoms with E-state index in [1.807, 2.05) is 6.07 Å². The highest BCUT2D eigenvalue weighted by Gasteiger charge is 2.25. The fourth-order valence-corrected chi connectivity index (χ4v) is 3.89. The SMILES string of the molecule is CC(=O)OC(C#N)CCP(C)(=O)OC1CCCCC1. The average molecular weight is 287 g/mol. The quantitative estimate of drug-likeness (QED) is 0.554. The van der Waals surface area contributed by atoms with E-state index in [-0.39, 0.29) is 18.7 Å². The molecule has 6 heteroatoms. The van der Waals surface area contributed by atoms with Crippen molar-refractivity contribution in [1.29, 1.82) is 5.26 Å². The van der Waals surface area contributed by atoms with Gasteiger partial charge in [0.1, 0.15) is 6.07 Å². The number of carbonyl (C=O) groups is 1. The maximum Gasteiger partial charge on any atom is 0.303 e. The van der Waals surface area contributed by atoms with Crippen molar-refractivity contribution >= 4 is 13.3 Å². The predicted molar refractivity (Wildman–Crippen MR) is 72.1 cm³/mol. The molecule has 2 unspecified atom stereocenters. The van der Waals surface area contributed by atoms with Gasteiger partial charge in [-0.3, -0.25) is 9.36 Å². The van der Waals surface area contributed by atoms with E-state index in [2.05, 4.69) is 0 Å². The van der Waals surface area contributed by atoms with E-state index in [0.717, 1.165) is 25.7 Å². The maximum atomic E-state index is 12.3. The Balaban J connectivity index is 2.38. The smallest absolute Gasteiger partial charge is 0.303 e. The molecule has 19 heavy (non-hydrogen) atoms. The Bertz CT molecular complexity index is 385. The fourth-order valence-electron chi connectivity index (χ4n) is 2.24. The van der Waals surface area contributed by atoms with Crippen LogP contribution in [0.15, 0.2) is 0 Å². The molecule has 0 heterocycles. The molecule has 1 rings (SSSR count). The van der Waals surface area contributed by atoms with Gasteiger partial charge in [-0.2, -0.15) is 5.26 Å². The van der Waals surface area contributed by atoms with Crippen LogP contribution in [0.5, 0.6) is 0 Å². The lowest BCUT2D eigenvalue weighted by Crippen LogP contribution is -2.18. The van der Waals surface area contributed by atoms with Crippen LogP contribution in [0.4, 0.5) is 0 Å². The molecule has 1 fully saturated rings. The van der Waals surface area contributed by atoms with E-state index in [0.29, 0.717) is 0 Å². The molecule has 0 radical (unpaired) electrons. The van der Waals surface area contributed by atoms with E-state index in [4.69, 9.17) is 14.5 Å². The van der Waals surface area contributed by atoms with Crippen LogP contribution in [0.25, 0.3) is 0 Å². The molecule has 0 amide bonds. The van der Waals surface area contributed by atoms with Gasteiger partial charge in [0.15, 0.2) is 6.10 Å². The topological polar surface area (TPSA) is 76.4 Å². The molecule has 0 spiro atoms. The van der Waals surface area contributed by atoms with Crippen molar-refractivity contribution < 1.29 is 18.6 Å². The molecule has 0 aromatic heterocycles. The summed E-state index contributed by atoms with van der Waals surface area (Å²) in [6, 6.07) is 1.89. The number of rotatable bonds is 6. The number of esters is 1. The summed E-state index contributed by atoms with van der Waals surface area (Å²) in [5, 5.41) is 8.84. The van der Waals surface area contributed by atoms with Crippen LogP contribution in [0.1, 0.15) is 45.4 Å². The lowest BCUT2D eigenvalue weighted by atomic mass is 9.98. The van der Waals surface area contributed by atoms with Crippen LogP contribution < -0.4 is 0 Å². The average Bonchev–Trinajstić information content (AvgIpc) is 2.34. The summed E-state index contributed by atoms with van der Waals surface area (Å²) in [6.45, 7) is 2.86. The van der Waals surface area contributed by atoms with Gasteiger partial charge in [-0.15, -0.1) is 0 Å². The molecule has 108 valence electrons. The van der Waals surface area contributed by atoms with Crippen LogP contribution in [-0.2, 0) is 18.6 Å². The van der Waals surface area contributed by atoms with Crippen molar-refractivity contribution in [3.8, 4) is 6.07 Å². The van der Waals surface area contributed by atoms with Gasteiger partial charge in [0.05, 0.1) is 6.10 Å². The minimum absolute atomic E-state index is 0.0823. The highest BCUT2D eigenvalue weighted by atomic mass is 31.2. The largest absolute Gasteiger partial charge is 0.447 e. The van der Waals surface area contributed by atoms with Crippen LogP contribution >= 0.6 is 7.37 Å². The van der Waals surface area contributed by atoms with Crippen molar-refractivity contribution in [2.75, 3.05) is 12.8 Å². The molecule has 1 saturated carbocycles. The fraction of sp³-hybridized carbons (Fsp3) is 0.846. The molecule has 5 nitrogen and oxygen atoms in total. The van der Waals surface area contributed by atoms with Gasteiger partial charge in [-0.1, -0.05) is 19.3 Å². The van der Waals surface area contributed by atoms with E-state index < -0.39 is 19.4 Å². The van der Waals surface area contributed by atoms with Gasteiger partial charge in [-0.25, -0.2) is 0 Å². The van der Waals surface area contributed by atoms with Crippen molar-refractivity contribution in [2.45, 2.75) is 57.7 Å². The molecular formula is C13H22NO4P. The van der Waals surface area contributed by atoms with E-state index in [1.165, 1.54) is 13.3 Å². The third-order valence-corrected chi connectivity index (χ3v) is 4.99. The molecule has 0 aromatic carbocycles. The zero-order valence-electron chi connectivity index (χ0n) is 11.6. The zero-order chi connectivity index (χ0) is 14.3. The standard InChI is InChI=1S/C13H22NO4P/c1-11(15)17-13(10-14)8-9-19(2,16)18-12-6-4-3-5-7-12/h12-13H,3-9H2,1-2H3. The molecule has 0 aromatic rings. The first-order valence-corrected chi connectivity index (χ1v) is 9.00. The third-order valence-electron chi connectivity index (χ3n) is 3.17. The van der Waals surface area contributed by atoms with E-state index >= 15 is 0 Å². The molecule has 0 bridgehead atoms. The lowest BCUT2D eigenvalue weighted by molar-refractivity contribution is -0.143. The third kappa shape index (κ3) is 6.75. The van der Waals surface area contributed by atoms with E-state index in [1.54, 1.807) is 6.66 Å². The van der Waals surface area contributed by atoms with Gasteiger partial charge in [0, 0.05) is 26.2 Å². The Morgan fingerprint density at radius 1 is 1.42 bits per heavy atom. The number of carbonyl (C=O) groups excluding carboxylic acids is 1. The van der Waals surface area contributed by atoms with Gasteiger partial charge >= 0.3 is 5.97 Å². The van der Waals surface area contributed by atoms with Crippen LogP contribution in [0.3, 0.4) is 0 Å². The highest BCUT2D eigenvalue weighted by Crippen LogP contribution is 2.46. The van der Waals surface area contributed by atoms with E-state index in [9.17, 15) is 9.36 Å². The minimum atomic E-state index is -2.71. The monoisotopic (exact) mass is 287 g/mol. The molecule has 1 aliphatic rings. The molecule has 1 aliphatic carbocycles. The Hall–Kier alpha value is -0.850. The van der Waals surface area contributed by atoms with Crippen molar-refractivity contribution in [3.63, 3.8) is 0 Å². The summed E-state index contributed by atoms with van der Waals surface area (Å²) < 4.78 is 22.8. The summed E-state index contributed by atoms with van der Waals surface area (Å²) in [5.74, 6) is -0.495. The summed E-state index contributed by atoms with van der Waals surface area (Å²) in [5.41, 5.74) is 0. The van der Waals surface area contributed by atoms with Crippen molar-refractivity contribution in [3.05, 3.63) is 0 Å². The van der Waals surface area contributed by atoms with Gasteiger partial charge in [-0.05, 0) is 12.8 Å². The molecular weight excluding hydrogens is 265 g/mol. The van der Waals surface area contributed by atoms with Crippen LogP contribution in [0, 0.1) is 11.3 Å². The summed E-state index contributed by atoms with van der Waals surface area (Å²) in [7, 11) is -2.71. The molecule has 0 aliphatic heterocycles. The molecule has 2 atom stereocenters. The first-order valence-electron chi connectivity index (χ1n) is 6.75. The van der Waals surface area contributed by atoms with Crippen molar-refractivity contribution in [1.82, 2.24) is 0 Å². The zero-order valence-corrected chi connectivity index (χ0v) is 12.5. The number of nitrogens with zero attached hydrogens (tertiary/aromatic N) is 1. The number of hydrogen-bond acceptors (Lipinski definition) is 5. The normalized spacial score (nSPS) is 21.1. The predicted octanol–water partition coefficient (Wildman–Crippen LogP) is 3.09. The summed E-state index contributed by atoms with van der Waals surface area (Å²) in [6.07, 6.45) is 5.17. The van der Waals surface area contributed by atoms with Crippen LogP contribution in [-0.4, -0.2) is 31.0 Å². The Morgan fingerprint density at radius 3 is 2.58 bits per heavy atom. The van der Waals surface area contributed by atoms with Gasteiger partial charge in [0.25, 0.3) is 0 Å². The molecule has 0 N–H and O–H groups in total. The van der Waals surface area contributed by atoms with Gasteiger partial charge in [0.2, 0.25) is 7.37 Å². The number of ether oxygens (including phenoxy) is 1. The first-order chi connectivity index (χ1) is 8.93. The van der Waals surface area contributed by atoms with Crippen molar-refractivity contribution in [2.24, 2.45) is 0 Å². The summed E-state index contributed by atoms with van der Waals surface area (Å²) in [4.78, 5) is 10.8. The summed E-state index contributed by atoms with van der Waals surface area (Å²) >= 11 is 0. The lowest BCUT2D eigenvalue weighted by Gasteiger charge is -2.26. The Kier molecular flexibility index (Phi) is 6.54. The minimum Gasteiger partial charge on any atom is -0.447 e. The van der Waals surface area contributed by atoms with Crippen LogP contribution in [0.2, 0.25) is 0 Å². The Morgan fingerprint density at radius 2 is 2.05 bits per heavy atom. The van der Waals surface area contributed by atoms with Gasteiger partial charge < -0.3 is 9.26 Å². The Labute approximate surface area is 114 Å². The maximum absolute atomic E-state index is 12.3. The number of nitriles is 1.